The Labute approximate surface area is 191 Å². The summed E-state index contributed by atoms with van der Waals surface area (Å²) in [5.74, 6) is 4.26. The second-order valence-electron chi connectivity index (χ2n) is 12.0. The molecule has 0 aliphatic heterocycles. The van der Waals surface area contributed by atoms with Crippen LogP contribution >= 0.6 is 0 Å². The normalized spacial score (nSPS) is 43.5. The SMILES string of the molecule is CC1(O)CCC2C(CCC3C2CCC2(C)C(C(=O)Cn4nc5ccccc5n4)CCC32)C1. The summed E-state index contributed by atoms with van der Waals surface area (Å²) in [5.41, 5.74) is 1.41. The number of ketones is 1. The Bertz CT molecular complexity index is 996. The second kappa shape index (κ2) is 7.38. The van der Waals surface area contributed by atoms with Gasteiger partial charge in [0, 0.05) is 5.92 Å². The lowest BCUT2D eigenvalue weighted by Crippen LogP contribution is -2.51. The first-order valence-corrected chi connectivity index (χ1v) is 12.9. The quantitative estimate of drug-likeness (QED) is 0.735. The van der Waals surface area contributed by atoms with Gasteiger partial charge in [0.1, 0.15) is 17.6 Å². The summed E-state index contributed by atoms with van der Waals surface area (Å²) in [5, 5.41) is 19.7. The number of Topliss-reactive ketones (excluding diaryl/α,β-unsaturated/α-hetero) is 1. The molecule has 5 heteroatoms. The van der Waals surface area contributed by atoms with E-state index in [1.807, 2.05) is 31.2 Å². The molecule has 4 aliphatic carbocycles. The molecule has 1 N–H and O–H groups in total. The van der Waals surface area contributed by atoms with Crippen molar-refractivity contribution >= 4 is 16.8 Å². The summed E-state index contributed by atoms with van der Waals surface area (Å²) < 4.78 is 0. The highest BCUT2D eigenvalue weighted by Crippen LogP contribution is 2.64. The van der Waals surface area contributed by atoms with Crippen LogP contribution in [0.5, 0.6) is 0 Å². The molecule has 0 radical (unpaired) electrons. The van der Waals surface area contributed by atoms with Gasteiger partial charge >= 0.3 is 0 Å². The van der Waals surface area contributed by atoms with Crippen LogP contribution in [0.1, 0.15) is 71.6 Å². The highest BCUT2D eigenvalue weighted by Gasteiger charge is 2.58. The third kappa shape index (κ3) is 3.26. The average Bonchev–Trinajstić information content (AvgIpc) is 3.32. The van der Waals surface area contributed by atoms with Crippen LogP contribution in [-0.4, -0.2) is 31.5 Å². The third-order valence-corrected chi connectivity index (χ3v) is 10.3. The maximum Gasteiger partial charge on any atom is 0.159 e. The fourth-order valence-electron chi connectivity index (χ4n) is 8.84. The lowest BCUT2D eigenvalue weighted by atomic mass is 9.49. The second-order valence-corrected chi connectivity index (χ2v) is 12.0. The van der Waals surface area contributed by atoms with Crippen molar-refractivity contribution in [3.8, 4) is 0 Å². The van der Waals surface area contributed by atoms with Crippen LogP contribution in [0.15, 0.2) is 24.3 Å². The van der Waals surface area contributed by atoms with Crippen LogP contribution in [-0.2, 0) is 11.3 Å². The molecule has 8 unspecified atom stereocenters. The maximum absolute atomic E-state index is 13.5. The van der Waals surface area contributed by atoms with Crippen molar-refractivity contribution in [1.82, 2.24) is 15.0 Å². The van der Waals surface area contributed by atoms with Crippen molar-refractivity contribution < 1.29 is 9.90 Å². The fraction of sp³-hybridized carbons (Fsp3) is 0.741. The van der Waals surface area contributed by atoms with Crippen LogP contribution in [0.2, 0.25) is 0 Å². The van der Waals surface area contributed by atoms with Crippen molar-refractivity contribution in [1.29, 1.82) is 0 Å². The molecule has 1 aromatic heterocycles. The van der Waals surface area contributed by atoms with Crippen LogP contribution in [0.4, 0.5) is 0 Å². The molecule has 1 heterocycles. The molecule has 6 rings (SSSR count). The standard InChI is InChI=1S/C27H37N3O2/c1-26(32)13-11-18-17(15-26)7-8-20-19(18)12-14-27(2)21(20)9-10-22(27)25(31)16-30-28-23-5-3-4-6-24(23)29-30/h3-6,17-22,32H,7-16H2,1-2H3. The molecule has 0 bridgehead atoms. The fourth-order valence-corrected chi connectivity index (χ4v) is 8.84. The van der Waals surface area contributed by atoms with Gasteiger partial charge in [0.05, 0.1) is 5.60 Å². The number of hydrogen-bond donors (Lipinski definition) is 1. The van der Waals surface area contributed by atoms with E-state index in [0.717, 1.165) is 48.0 Å². The van der Waals surface area contributed by atoms with E-state index in [4.69, 9.17) is 0 Å². The zero-order chi connectivity index (χ0) is 22.1. The molecule has 1 aromatic carbocycles. The first-order chi connectivity index (χ1) is 15.3. The number of hydrogen-bond acceptors (Lipinski definition) is 4. The molecular weight excluding hydrogens is 398 g/mol. The average molecular weight is 436 g/mol. The topological polar surface area (TPSA) is 68.0 Å². The number of carbonyl (C=O) groups excluding carboxylic acids is 1. The van der Waals surface area contributed by atoms with Gasteiger partial charge < -0.3 is 5.11 Å². The summed E-state index contributed by atoms with van der Waals surface area (Å²) in [6.07, 6.45) is 10.4. The number of rotatable bonds is 3. The van der Waals surface area contributed by atoms with Gasteiger partial charge in [-0.2, -0.15) is 15.0 Å². The van der Waals surface area contributed by atoms with E-state index >= 15 is 0 Å². The molecular formula is C27H37N3O2. The monoisotopic (exact) mass is 435 g/mol. The molecule has 172 valence electrons. The Balaban J connectivity index is 1.18. The smallest absolute Gasteiger partial charge is 0.159 e. The van der Waals surface area contributed by atoms with Crippen molar-refractivity contribution in [2.45, 2.75) is 83.8 Å². The first-order valence-electron chi connectivity index (χ1n) is 12.9. The third-order valence-electron chi connectivity index (χ3n) is 10.3. The number of benzene rings is 1. The Morgan fingerprint density at radius 2 is 1.69 bits per heavy atom. The number of nitrogens with zero attached hydrogens (tertiary/aromatic N) is 3. The van der Waals surface area contributed by atoms with E-state index in [1.54, 1.807) is 4.80 Å². The maximum atomic E-state index is 13.5. The Hall–Kier alpha value is -1.75. The molecule has 4 saturated carbocycles. The highest BCUT2D eigenvalue weighted by molar-refractivity contribution is 5.82. The summed E-state index contributed by atoms with van der Waals surface area (Å²) in [6.45, 7) is 4.77. The number of aromatic nitrogens is 3. The minimum Gasteiger partial charge on any atom is -0.390 e. The van der Waals surface area contributed by atoms with E-state index in [1.165, 1.54) is 38.5 Å². The zero-order valence-corrected chi connectivity index (χ0v) is 19.5. The summed E-state index contributed by atoms with van der Waals surface area (Å²) >= 11 is 0. The predicted molar refractivity (Wildman–Crippen MR) is 124 cm³/mol. The lowest BCUT2D eigenvalue weighted by molar-refractivity contribution is -0.133. The van der Waals surface area contributed by atoms with Crippen LogP contribution in [0.3, 0.4) is 0 Å². The van der Waals surface area contributed by atoms with Crippen LogP contribution < -0.4 is 0 Å². The van der Waals surface area contributed by atoms with Gasteiger partial charge in [0.25, 0.3) is 0 Å². The van der Waals surface area contributed by atoms with Gasteiger partial charge in [-0.1, -0.05) is 19.1 Å². The summed E-state index contributed by atoms with van der Waals surface area (Å²) in [6, 6.07) is 7.84. The first kappa shape index (κ1) is 20.8. The molecule has 32 heavy (non-hydrogen) atoms. The Kier molecular flexibility index (Phi) is 4.80. The number of carbonyl (C=O) groups is 1. The molecule has 2 aromatic rings. The Morgan fingerprint density at radius 3 is 2.44 bits per heavy atom. The van der Waals surface area contributed by atoms with Crippen molar-refractivity contribution in [3.63, 3.8) is 0 Å². The van der Waals surface area contributed by atoms with Crippen molar-refractivity contribution in [2.75, 3.05) is 0 Å². The molecule has 0 amide bonds. The number of aliphatic hydroxyl groups is 1. The van der Waals surface area contributed by atoms with Gasteiger partial charge in [0.2, 0.25) is 0 Å². The largest absolute Gasteiger partial charge is 0.390 e. The van der Waals surface area contributed by atoms with E-state index in [9.17, 15) is 9.90 Å². The molecule has 0 spiro atoms. The van der Waals surface area contributed by atoms with Gasteiger partial charge in [-0.05, 0) is 112 Å². The summed E-state index contributed by atoms with van der Waals surface area (Å²) in [4.78, 5) is 15.1. The molecule has 8 atom stereocenters. The molecule has 5 nitrogen and oxygen atoms in total. The molecule has 0 saturated heterocycles. The minimum absolute atomic E-state index is 0.137. The highest BCUT2D eigenvalue weighted by atomic mass is 16.3. The van der Waals surface area contributed by atoms with E-state index < -0.39 is 5.60 Å². The number of fused-ring (bicyclic) bond motifs is 6. The van der Waals surface area contributed by atoms with Gasteiger partial charge in [0.15, 0.2) is 5.78 Å². The van der Waals surface area contributed by atoms with Crippen LogP contribution in [0, 0.1) is 40.9 Å². The van der Waals surface area contributed by atoms with Crippen molar-refractivity contribution in [3.05, 3.63) is 24.3 Å². The molecule has 4 fully saturated rings. The Morgan fingerprint density at radius 1 is 0.969 bits per heavy atom. The van der Waals surface area contributed by atoms with Crippen LogP contribution in [0.25, 0.3) is 11.0 Å². The van der Waals surface area contributed by atoms with E-state index in [-0.39, 0.29) is 11.3 Å². The van der Waals surface area contributed by atoms with Gasteiger partial charge in [-0.25, -0.2) is 0 Å². The van der Waals surface area contributed by atoms with E-state index in [0.29, 0.717) is 24.2 Å². The summed E-state index contributed by atoms with van der Waals surface area (Å²) in [7, 11) is 0. The zero-order valence-electron chi connectivity index (χ0n) is 19.5. The predicted octanol–water partition coefficient (Wildman–Crippen LogP) is 5.02. The van der Waals surface area contributed by atoms with Crippen molar-refractivity contribution in [2.24, 2.45) is 40.9 Å². The van der Waals surface area contributed by atoms with Gasteiger partial charge in [-0.15, -0.1) is 0 Å². The minimum atomic E-state index is -0.451. The van der Waals surface area contributed by atoms with E-state index in [2.05, 4.69) is 17.1 Å². The van der Waals surface area contributed by atoms with Gasteiger partial charge in [-0.3, -0.25) is 4.79 Å². The lowest BCUT2D eigenvalue weighted by Gasteiger charge is -2.56. The molecule has 4 aliphatic rings.